The molecule has 4 aliphatic carbocycles. The van der Waals surface area contributed by atoms with Crippen LogP contribution in [0.2, 0.25) is 0 Å². The van der Waals surface area contributed by atoms with Crippen molar-refractivity contribution in [3.05, 3.63) is 260 Å². The molecule has 0 bridgehead atoms. The monoisotopic (exact) mass is 1000 g/mol. The van der Waals surface area contributed by atoms with E-state index in [9.17, 15) is 0 Å². The first kappa shape index (κ1) is 42.0. The molecule has 0 saturated carbocycles. The molecule has 1 saturated heterocycles. The van der Waals surface area contributed by atoms with Crippen LogP contribution in [0.15, 0.2) is 245 Å². The fourth-order valence-corrected chi connectivity index (χ4v) is 12.4. The average molecular weight is 1010 g/mol. The zero-order valence-corrected chi connectivity index (χ0v) is 40.7. The second kappa shape index (κ2) is 17.1. The number of benzene rings is 7. The van der Waals surface area contributed by atoms with Crippen molar-refractivity contribution in [2.45, 2.75) is 38.9 Å². The lowest BCUT2D eigenvalue weighted by Crippen LogP contribution is -2.41. The van der Waals surface area contributed by atoms with Crippen molar-refractivity contribution >= 4 is 78.3 Å². The van der Waals surface area contributed by atoms with Gasteiger partial charge in [-0.1, -0.05) is 153 Å². The molecular weight excluding hydrogens is 956 g/mol. The highest BCUT2D eigenvalue weighted by atomic mass is 127. The summed E-state index contributed by atoms with van der Waals surface area (Å²) < 4.78 is 15.0. The molecule has 4 nitrogen and oxygen atoms in total. The van der Waals surface area contributed by atoms with Gasteiger partial charge in [-0.15, -0.1) is 0 Å². The van der Waals surface area contributed by atoms with Crippen LogP contribution in [0.1, 0.15) is 32.3 Å². The van der Waals surface area contributed by atoms with Crippen LogP contribution in [0.4, 0.5) is 17.1 Å². The van der Waals surface area contributed by atoms with Crippen LogP contribution in [0, 0.1) is 15.4 Å². The van der Waals surface area contributed by atoms with Gasteiger partial charge in [0.05, 0.1) is 17.9 Å². The molecule has 334 valence electrons. The molecule has 5 aliphatic rings. The molecule has 2 heterocycles. The highest BCUT2D eigenvalue weighted by Gasteiger charge is 2.45. The van der Waals surface area contributed by atoms with E-state index in [0.717, 1.165) is 51.9 Å². The van der Waals surface area contributed by atoms with E-state index in [1.54, 1.807) is 0 Å². The number of ether oxygens (including phenoxy) is 1. The van der Waals surface area contributed by atoms with Gasteiger partial charge in [0.2, 0.25) is 0 Å². The van der Waals surface area contributed by atoms with Crippen molar-refractivity contribution in [1.29, 1.82) is 0 Å². The molecular formula is C64H49IN2O2. The molecule has 4 atom stereocenters. The second-order valence-electron chi connectivity index (χ2n) is 18.8. The van der Waals surface area contributed by atoms with Gasteiger partial charge >= 0.3 is 0 Å². The lowest BCUT2D eigenvalue weighted by molar-refractivity contribution is 0.0556. The highest BCUT2D eigenvalue weighted by Crippen LogP contribution is 2.50. The molecule has 0 radical (unpaired) electrons. The Kier molecular flexibility index (Phi) is 10.4. The minimum Gasteiger partial charge on any atom is -0.456 e. The summed E-state index contributed by atoms with van der Waals surface area (Å²) in [6.45, 7) is 4.71. The van der Waals surface area contributed by atoms with Gasteiger partial charge < -0.3 is 19.0 Å². The maximum atomic E-state index is 7.48. The van der Waals surface area contributed by atoms with Gasteiger partial charge in [-0.2, -0.15) is 0 Å². The predicted molar refractivity (Wildman–Crippen MR) is 293 cm³/mol. The van der Waals surface area contributed by atoms with E-state index in [-0.39, 0.29) is 18.1 Å². The van der Waals surface area contributed by atoms with Crippen molar-refractivity contribution in [2.75, 3.05) is 9.80 Å². The van der Waals surface area contributed by atoms with Gasteiger partial charge in [0.25, 0.3) is 0 Å². The first-order valence-electron chi connectivity index (χ1n) is 24.2. The third-order valence-corrected chi connectivity index (χ3v) is 15.8. The molecule has 0 spiro atoms. The maximum absolute atomic E-state index is 7.48. The van der Waals surface area contributed by atoms with Crippen LogP contribution in [-0.2, 0) is 4.74 Å². The van der Waals surface area contributed by atoms with Crippen molar-refractivity contribution in [2.24, 2.45) is 11.8 Å². The lowest BCUT2D eigenvalue weighted by atomic mass is 9.77. The lowest BCUT2D eigenvalue weighted by Gasteiger charge is -2.38. The summed E-state index contributed by atoms with van der Waals surface area (Å²) >= 11 is 2.51. The maximum Gasteiger partial charge on any atom is 0.135 e. The molecule has 5 heteroatoms. The van der Waals surface area contributed by atoms with Crippen LogP contribution in [0.25, 0.3) is 49.8 Å². The summed E-state index contributed by atoms with van der Waals surface area (Å²) in [7, 11) is 0. The third-order valence-electron chi connectivity index (χ3n) is 14.9. The van der Waals surface area contributed by atoms with E-state index in [1.165, 1.54) is 75.6 Å². The van der Waals surface area contributed by atoms with Crippen molar-refractivity contribution in [3.63, 3.8) is 0 Å². The molecule has 1 aliphatic heterocycles. The number of halogens is 1. The van der Waals surface area contributed by atoms with Crippen LogP contribution in [0.5, 0.6) is 0 Å². The molecule has 69 heavy (non-hydrogen) atoms. The summed E-state index contributed by atoms with van der Waals surface area (Å²) in [6.07, 6.45) is 15.8. The van der Waals surface area contributed by atoms with Crippen LogP contribution in [0.3, 0.4) is 0 Å². The van der Waals surface area contributed by atoms with E-state index in [2.05, 4.69) is 246 Å². The molecule has 1 fully saturated rings. The standard InChI is InChI=1S/C64H49IN2O2/c1-40-29-35-57(41(2)62(40)52-25-11-14-26-56(52)65)67(58-27-15-12-21-47(58)42-17-5-3-6-18-42)46-31-34-53-61(39-46)69-64-51-33-30-44(37-54(51)48-22-9-10-24-50(48)63(53)64)66(43-19-7-4-8-20-43)45-32-36-60-55(38-45)49-23-13-16-28-59(49)68-60/h3-28,30-38,40,51,61,64H,29,39H2,1-2H3/t40?,51?,61-,64+/m0/s1. The fraction of sp³-hybridized carbons (Fsp3) is 0.125. The largest absolute Gasteiger partial charge is 0.456 e. The summed E-state index contributed by atoms with van der Waals surface area (Å²) in [6, 6.07) is 63.1. The van der Waals surface area contributed by atoms with Crippen molar-refractivity contribution in [1.82, 2.24) is 0 Å². The SMILES string of the molecule is CC1=C(c2ccccc2I)C(C)CC=C1N(C1=CC=C2C3=c4ccccc4=C4C=C(N(c5ccccc5)c5ccc6oc7ccccc7c6c5)C=CC4[C@H]3O[C@H]2C1)c1ccccc1-c1ccccc1. The number of rotatable bonds is 8. The number of fused-ring (bicyclic) bond motifs is 9. The van der Waals surface area contributed by atoms with Gasteiger partial charge in [-0.3, -0.25) is 0 Å². The Balaban J connectivity index is 0.943. The van der Waals surface area contributed by atoms with E-state index in [4.69, 9.17) is 9.15 Å². The Bertz CT molecular complexity index is 3720. The van der Waals surface area contributed by atoms with Gasteiger partial charge in [-0.05, 0) is 158 Å². The second-order valence-corrected chi connectivity index (χ2v) is 20.0. The van der Waals surface area contributed by atoms with Gasteiger partial charge in [0, 0.05) is 60.7 Å². The summed E-state index contributed by atoms with van der Waals surface area (Å²) in [4.78, 5) is 4.94. The Morgan fingerprint density at radius 2 is 1.33 bits per heavy atom. The molecule has 7 aromatic carbocycles. The Morgan fingerprint density at radius 3 is 2.17 bits per heavy atom. The quantitative estimate of drug-likeness (QED) is 0.142. The summed E-state index contributed by atoms with van der Waals surface area (Å²) in [5, 5.41) is 4.75. The number of hydrogen-bond donors (Lipinski definition) is 0. The van der Waals surface area contributed by atoms with E-state index in [0.29, 0.717) is 5.92 Å². The number of furan rings is 1. The van der Waals surface area contributed by atoms with E-state index in [1.807, 2.05) is 12.1 Å². The van der Waals surface area contributed by atoms with Crippen molar-refractivity contribution in [3.8, 4) is 11.1 Å². The van der Waals surface area contributed by atoms with Crippen molar-refractivity contribution < 1.29 is 9.15 Å². The number of allylic oxidation sites excluding steroid dienone is 7. The highest BCUT2D eigenvalue weighted by molar-refractivity contribution is 14.1. The topological polar surface area (TPSA) is 28.9 Å². The minimum absolute atomic E-state index is 0.0463. The molecule has 2 unspecified atom stereocenters. The molecule has 8 aromatic rings. The molecule has 0 N–H and O–H groups in total. The number of hydrogen-bond acceptors (Lipinski definition) is 4. The summed E-state index contributed by atoms with van der Waals surface area (Å²) in [5.41, 5.74) is 19.1. The Labute approximate surface area is 416 Å². The smallest absolute Gasteiger partial charge is 0.135 e. The Morgan fingerprint density at radius 1 is 0.623 bits per heavy atom. The first-order valence-corrected chi connectivity index (χ1v) is 25.2. The predicted octanol–water partition coefficient (Wildman–Crippen LogP) is 15.0. The minimum atomic E-state index is -0.125. The van der Waals surface area contributed by atoms with E-state index < -0.39 is 0 Å². The summed E-state index contributed by atoms with van der Waals surface area (Å²) in [5.74, 6) is 0.439. The van der Waals surface area contributed by atoms with Gasteiger partial charge in [-0.25, -0.2) is 0 Å². The Hall–Kier alpha value is -7.19. The van der Waals surface area contributed by atoms with Crippen LogP contribution < -0.4 is 20.2 Å². The van der Waals surface area contributed by atoms with E-state index >= 15 is 0 Å². The number of anilines is 3. The number of para-hydroxylation sites is 3. The third kappa shape index (κ3) is 7.04. The van der Waals surface area contributed by atoms with Crippen LogP contribution >= 0.6 is 22.6 Å². The number of nitrogens with zero attached hydrogens (tertiary/aromatic N) is 2. The van der Waals surface area contributed by atoms with Gasteiger partial charge in [0.15, 0.2) is 0 Å². The average Bonchev–Trinajstić information content (AvgIpc) is 3.97. The molecule has 0 amide bonds. The van der Waals surface area contributed by atoms with Crippen LogP contribution in [-0.4, -0.2) is 12.2 Å². The zero-order chi connectivity index (χ0) is 46.2. The normalized spacial score (nSPS) is 20.4. The molecule has 13 rings (SSSR count). The zero-order valence-electron chi connectivity index (χ0n) is 38.5. The molecule has 1 aromatic heterocycles. The fourth-order valence-electron chi connectivity index (χ4n) is 11.8. The first-order chi connectivity index (χ1) is 34.0. The van der Waals surface area contributed by atoms with Gasteiger partial charge in [0.1, 0.15) is 11.2 Å².